The molecular weight excluding hydrogens is 304 g/mol. The van der Waals surface area contributed by atoms with Gasteiger partial charge >= 0.3 is 0 Å². The quantitative estimate of drug-likeness (QED) is 0.833. The molecule has 132 valence electrons. The van der Waals surface area contributed by atoms with Crippen molar-refractivity contribution in [3.05, 3.63) is 29.8 Å². The molecule has 2 fully saturated rings. The molecule has 1 heterocycles. The molecule has 1 saturated carbocycles. The highest BCUT2D eigenvalue weighted by molar-refractivity contribution is 5.94. The standard InChI is InChI=1S/C19H28N2O3/c1-23-13-12-21-11-10-16(14-21)20-19(22)15-6-8-18(9-7-15)24-17-4-2-3-5-17/h6-9,16-17H,2-5,10-14H2,1H3,(H,20,22). The first-order chi connectivity index (χ1) is 11.7. The van der Waals surface area contributed by atoms with E-state index in [1.165, 1.54) is 12.8 Å². The minimum absolute atomic E-state index is 0.000933. The number of likely N-dealkylation sites (tertiary alicyclic amines) is 1. The Bertz CT molecular complexity index is 526. The number of amides is 1. The van der Waals surface area contributed by atoms with Crippen molar-refractivity contribution in [1.82, 2.24) is 10.2 Å². The largest absolute Gasteiger partial charge is 0.490 e. The summed E-state index contributed by atoms with van der Waals surface area (Å²) in [5.74, 6) is 0.867. The number of benzene rings is 1. The normalized spacial score (nSPS) is 22.0. The number of methoxy groups -OCH3 is 1. The topological polar surface area (TPSA) is 50.8 Å². The molecule has 0 radical (unpaired) electrons. The van der Waals surface area contributed by atoms with Crippen LogP contribution >= 0.6 is 0 Å². The number of nitrogens with zero attached hydrogens (tertiary/aromatic N) is 1. The maximum Gasteiger partial charge on any atom is 0.251 e. The molecular formula is C19H28N2O3. The van der Waals surface area contributed by atoms with Crippen molar-refractivity contribution < 1.29 is 14.3 Å². The van der Waals surface area contributed by atoms with Crippen molar-refractivity contribution in [2.75, 3.05) is 33.4 Å². The molecule has 1 aliphatic carbocycles. The van der Waals surface area contributed by atoms with Gasteiger partial charge in [-0.25, -0.2) is 0 Å². The van der Waals surface area contributed by atoms with Gasteiger partial charge in [0.15, 0.2) is 0 Å². The predicted octanol–water partition coefficient (Wildman–Crippen LogP) is 2.46. The van der Waals surface area contributed by atoms with Gasteiger partial charge in [-0.2, -0.15) is 0 Å². The molecule has 1 aromatic rings. The molecule has 2 aliphatic rings. The van der Waals surface area contributed by atoms with Crippen LogP contribution < -0.4 is 10.1 Å². The summed E-state index contributed by atoms with van der Waals surface area (Å²) in [4.78, 5) is 14.7. The molecule has 0 bridgehead atoms. The van der Waals surface area contributed by atoms with Crippen molar-refractivity contribution in [2.45, 2.75) is 44.2 Å². The number of hydrogen-bond donors (Lipinski definition) is 1. The van der Waals surface area contributed by atoms with Crippen molar-refractivity contribution in [1.29, 1.82) is 0 Å². The highest BCUT2D eigenvalue weighted by Crippen LogP contribution is 2.24. The average Bonchev–Trinajstić information content (AvgIpc) is 3.25. The van der Waals surface area contributed by atoms with E-state index in [0.29, 0.717) is 11.7 Å². The summed E-state index contributed by atoms with van der Waals surface area (Å²) in [5.41, 5.74) is 0.698. The fraction of sp³-hybridized carbons (Fsp3) is 0.632. The fourth-order valence-electron chi connectivity index (χ4n) is 3.53. The highest BCUT2D eigenvalue weighted by Gasteiger charge is 2.24. The molecule has 1 unspecified atom stereocenters. The lowest BCUT2D eigenvalue weighted by Crippen LogP contribution is -2.37. The van der Waals surface area contributed by atoms with Gasteiger partial charge in [0.05, 0.1) is 12.7 Å². The number of hydrogen-bond acceptors (Lipinski definition) is 4. The summed E-state index contributed by atoms with van der Waals surface area (Å²) in [6.45, 7) is 3.58. The summed E-state index contributed by atoms with van der Waals surface area (Å²) < 4.78 is 11.1. The Morgan fingerprint density at radius 3 is 2.67 bits per heavy atom. The summed E-state index contributed by atoms with van der Waals surface area (Å²) in [6.07, 6.45) is 6.15. The molecule has 1 atom stereocenters. The molecule has 1 N–H and O–H groups in total. The fourth-order valence-corrected chi connectivity index (χ4v) is 3.53. The van der Waals surface area contributed by atoms with Gasteiger partial charge in [0, 0.05) is 38.3 Å². The first-order valence-corrected chi connectivity index (χ1v) is 9.03. The third-order valence-electron chi connectivity index (χ3n) is 4.94. The number of carbonyl (C=O) groups is 1. The summed E-state index contributed by atoms with van der Waals surface area (Å²) >= 11 is 0. The maximum absolute atomic E-state index is 12.4. The van der Waals surface area contributed by atoms with E-state index < -0.39 is 0 Å². The molecule has 5 nitrogen and oxygen atoms in total. The van der Waals surface area contributed by atoms with Crippen LogP contribution in [0.25, 0.3) is 0 Å². The lowest BCUT2D eigenvalue weighted by atomic mass is 10.1. The second-order valence-electron chi connectivity index (χ2n) is 6.80. The molecule has 1 amide bonds. The Balaban J connectivity index is 1.46. The smallest absolute Gasteiger partial charge is 0.251 e. The molecule has 0 aromatic heterocycles. The first kappa shape index (κ1) is 17.2. The van der Waals surface area contributed by atoms with Crippen molar-refractivity contribution >= 4 is 5.91 Å². The van der Waals surface area contributed by atoms with Gasteiger partial charge < -0.3 is 14.8 Å². The summed E-state index contributed by atoms with van der Waals surface area (Å²) in [7, 11) is 1.72. The Hall–Kier alpha value is -1.59. The van der Waals surface area contributed by atoms with Crippen LogP contribution in [0.15, 0.2) is 24.3 Å². The Morgan fingerprint density at radius 2 is 1.96 bits per heavy atom. The Morgan fingerprint density at radius 1 is 1.21 bits per heavy atom. The minimum Gasteiger partial charge on any atom is -0.490 e. The lowest BCUT2D eigenvalue weighted by molar-refractivity contribution is 0.0936. The molecule has 5 heteroatoms. The van der Waals surface area contributed by atoms with Gasteiger partial charge in [-0.15, -0.1) is 0 Å². The van der Waals surface area contributed by atoms with Gasteiger partial charge in [0.25, 0.3) is 5.91 Å². The van der Waals surface area contributed by atoms with Crippen LogP contribution in [0.5, 0.6) is 5.75 Å². The zero-order chi connectivity index (χ0) is 16.8. The number of nitrogens with one attached hydrogen (secondary N) is 1. The average molecular weight is 332 g/mol. The third kappa shape index (κ3) is 4.71. The van der Waals surface area contributed by atoms with Gasteiger partial charge in [-0.05, 0) is 56.4 Å². The maximum atomic E-state index is 12.4. The van der Waals surface area contributed by atoms with Crippen molar-refractivity contribution in [2.24, 2.45) is 0 Å². The summed E-state index contributed by atoms with van der Waals surface area (Å²) in [5, 5.41) is 3.13. The van der Waals surface area contributed by atoms with Gasteiger partial charge in [0.2, 0.25) is 0 Å². The zero-order valence-electron chi connectivity index (χ0n) is 14.5. The van der Waals surface area contributed by atoms with E-state index in [9.17, 15) is 4.79 Å². The van der Waals surface area contributed by atoms with E-state index in [1.807, 2.05) is 24.3 Å². The van der Waals surface area contributed by atoms with Gasteiger partial charge in [0.1, 0.15) is 5.75 Å². The van der Waals surface area contributed by atoms with Crippen LogP contribution in [0.2, 0.25) is 0 Å². The number of ether oxygens (including phenoxy) is 2. The lowest BCUT2D eigenvalue weighted by Gasteiger charge is -2.16. The molecule has 24 heavy (non-hydrogen) atoms. The van der Waals surface area contributed by atoms with Crippen LogP contribution in [0.4, 0.5) is 0 Å². The summed E-state index contributed by atoms with van der Waals surface area (Å²) in [6, 6.07) is 7.76. The minimum atomic E-state index is 0.000933. The second kappa shape index (κ2) is 8.49. The third-order valence-corrected chi connectivity index (χ3v) is 4.94. The van der Waals surface area contributed by atoms with Crippen LogP contribution in [0, 0.1) is 0 Å². The monoisotopic (exact) mass is 332 g/mol. The Labute approximate surface area is 144 Å². The molecule has 1 aromatic carbocycles. The van der Waals surface area contributed by atoms with E-state index in [1.54, 1.807) is 7.11 Å². The van der Waals surface area contributed by atoms with Crippen molar-refractivity contribution in [3.8, 4) is 5.75 Å². The van der Waals surface area contributed by atoms with E-state index in [4.69, 9.17) is 9.47 Å². The second-order valence-corrected chi connectivity index (χ2v) is 6.80. The Kier molecular flexibility index (Phi) is 6.10. The van der Waals surface area contributed by atoms with Crippen LogP contribution in [-0.4, -0.2) is 56.3 Å². The van der Waals surface area contributed by atoms with Gasteiger partial charge in [-0.1, -0.05) is 0 Å². The first-order valence-electron chi connectivity index (χ1n) is 9.03. The van der Waals surface area contributed by atoms with Crippen LogP contribution in [-0.2, 0) is 4.74 Å². The van der Waals surface area contributed by atoms with Gasteiger partial charge in [-0.3, -0.25) is 9.69 Å². The van der Waals surface area contributed by atoms with E-state index in [2.05, 4.69) is 10.2 Å². The SMILES string of the molecule is COCCN1CCC(NC(=O)c2ccc(OC3CCCC3)cc2)C1. The highest BCUT2D eigenvalue weighted by atomic mass is 16.5. The molecule has 3 rings (SSSR count). The van der Waals surface area contributed by atoms with E-state index in [-0.39, 0.29) is 11.9 Å². The van der Waals surface area contributed by atoms with E-state index >= 15 is 0 Å². The van der Waals surface area contributed by atoms with E-state index in [0.717, 1.165) is 51.3 Å². The number of rotatable bonds is 7. The molecule has 0 spiro atoms. The van der Waals surface area contributed by atoms with Crippen LogP contribution in [0.1, 0.15) is 42.5 Å². The van der Waals surface area contributed by atoms with Crippen LogP contribution in [0.3, 0.4) is 0 Å². The van der Waals surface area contributed by atoms with Crippen molar-refractivity contribution in [3.63, 3.8) is 0 Å². The zero-order valence-corrected chi connectivity index (χ0v) is 14.5. The molecule has 1 aliphatic heterocycles. The predicted molar refractivity (Wildman–Crippen MR) is 93.5 cm³/mol. The number of carbonyl (C=O) groups excluding carboxylic acids is 1. The molecule has 1 saturated heterocycles.